The van der Waals surface area contributed by atoms with E-state index in [0.29, 0.717) is 0 Å². The third-order valence-corrected chi connectivity index (χ3v) is 4.68. The van der Waals surface area contributed by atoms with Gasteiger partial charge >= 0.3 is 0 Å². The molecule has 2 unspecified atom stereocenters. The second-order valence-electron chi connectivity index (χ2n) is 5.11. The van der Waals surface area contributed by atoms with E-state index >= 15 is 0 Å². The molecule has 3 aromatic rings. The monoisotopic (exact) mass is 286 g/mol. The van der Waals surface area contributed by atoms with E-state index in [1.165, 1.54) is 15.0 Å². The molecule has 0 aliphatic heterocycles. The van der Waals surface area contributed by atoms with Crippen molar-refractivity contribution >= 4 is 21.4 Å². The number of hydrogen-bond acceptors (Lipinski definition) is 4. The van der Waals surface area contributed by atoms with Crippen LogP contribution >= 0.6 is 11.3 Å². The molecule has 2 aromatic heterocycles. The van der Waals surface area contributed by atoms with Gasteiger partial charge in [-0.25, -0.2) is 4.98 Å². The summed E-state index contributed by atoms with van der Waals surface area (Å²) in [6.07, 6.45) is 1.76. The second kappa shape index (κ2) is 5.38. The Balaban J connectivity index is 1.76. The molecule has 1 N–H and O–H groups in total. The molecule has 0 aliphatic rings. The molecule has 3 nitrogen and oxygen atoms in total. The van der Waals surface area contributed by atoms with Crippen LogP contribution in [0.25, 0.3) is 10.1 Å². The van der Waals surface area contributed by atoms with Crippen LogP contribution < -0.4 is 5.32 Å². The molecular formula is C16H18N2OS. The van der Waals surface area contributed by atoms with Gasteiger partial charge in [0.1, 0.15) is 5.76 Å². The van der Waals surface area contributed by atoms with E-state index in [-0.39, 0.29) is 12.1 Å². The molecule has 2 atom stereocenters. The Hall–Kier alpha value is -1.65. The fraction of sp³-hybridized carbons (Fsp3) is 0.312. The molecule has 0 spiro atoms. The first-order valence-electron chi connectivity index (χ1n) is 6.80. The summed E-state index contributed by atoms with van der Waals surface area (Å²) in [6.45, 7) is 6.17. The molecule has 0 aliphatic carbocycles. The standard InChI is InChI=1S/C16H18N2OS/c1-10-9-17-16(19-10)12(3)18-11(2)15-8-13-6-4-5-7-14(13)20-15/h4-9,11-12,18H,1-3H3. The van der Waals surface area contributed by atoms with Crippen LogP contribution in [0.4, 0.5) is 0 Å². The second-order valence-corrected chi connectivity index (χ2v) is 6.22. The number of aryl methyl sites for hydroxylation is 1. The molecule has 0 fully saturated rings. The maximum absolute atomic E-state index is 5.57. The minimum Gasteiger partial charge on any atom is -0.444 e. The topological polar surface area (TPSA) is 38.1 Å². The minimum atomic E-state index is 0.101. The summed E-state index contributed by atoms with van der Waals surface area (Å²) in [5.74, 6) is 1.60. The number of benzene rings is 1. The van der Waals surface area contributed by atoms with E-state index in [4.69, 9.17) is 4.42 Å². The van der Waals surface area contributed by atoms with Gasteiger partial charge in [0.15, 0.2) is 0 Å². The Labute approximate surface area is 122 Å². The van der Waals surface area contributed by atoms with Crippen LogP contribution in [0.15, 0.2) is 40.9 Å². The minimum absolute atomic E-state index is 0.101. The molecule has 1 aromatic carbocycles. The van der Waals surface area contributed by atoms with Gasteiger partial charge in [0.2, 0.25) is 5.89 Å². The van der Waals surface area contributed by atoms with Crippen LogP contribution in [0.1, 0.15) is 42.5 Å². The molecule has 4 heteroatoms. The Morgan fingerprint density at radius 2 is 2.00 bits per heavy atom. The van der Waals surface area contributed by atoms with E-state index in [1.807, 2.05) is 18.3 Å². The third kappa shape index (κ3) is 2.62. The Bertz CT molecular complexity index is 683. The van der Waals surface area contributed by atoms with Crippen LogP contribution in [-0.4, -0.2) is 4.98 Å². The highest BCUT2D eigenvalue weighted by molar-refractivity contribution is 7.19. The number of nitrogens with zero attached hydrogens (tertiary/aromatic N) is 1. The lowest BCUT2D eigenvalue weighted by atomic mass is 10.2. The zero-order chi connectivity index (χ0) is 14.1. The summed E-state index contributed by atoms with van der Waals surface area (Å²) in [4.78, 5) is 5.61. The molecule has 20 heavy (non-hydrogen) atoms. The average Bonchev–Trinajstić information content (AvgIpc) is 3.04. The van der Waals surface area contributed by atoms with E-state index in [0.717, 1.165) is 11.7 Å². The lowest BCUT2D eigenvalue weighted by Crippen LogP contribution is -2.22. The smallest absolute Gasteiger partial charge is 0.211 e. The molecule has 2 heterocycles. The predicted octanol–water partition coefficient (Wildman–Crippen LogP) is 4.61. The lowest BCUT2D eigenvalue weighted by molar-refractivity contribution is 0.382. The zero-order valence-electron chi connectivity index (χ0n) is 11.9. The van der Waals surface area contributed by atoms with Crippen molar-refractivity contribution in [3.63, 3.8) is 0 Å². The van der Waals surface area contributed by atoms with E-state index in [1.54, 1.807) is 6.20 Å². The van der Waals surface area contributed by atoms with Crippen LogP contribution in [-0.2, 0) is 0 Å². The maximum atomic E-state index is 5.57. The Morgan fingerprint density at radius 1 is 1.20 bits per heavy atom. The van der Waals surface area contributed by atoms with Crippen molar-refractivity contribution in [3.8, 4) is 0 Å². The number of nitrogens with one attached hydrogen (secondary N) is 1. The van der Waals surface area contributed by atoms with Gasteiger partial charge in [-0.2, -0.15) is 0 Å². The quantitative estimate of drug-likeness (QED) is 0.761. The fourth-order valence-electron chi connectivity index (χ4n) is 2.32. The zero-order valence-corrected chi connectivity index (χ0v) is 12.7. The van der Waals surface area contributed by atoms with Crippen molar-refractivity contribution in [3.05, 3.63) is 53.1 Å². The molecular weight excluding hydrogens is 268 g/mol. The van der Waals surface area contributed by atoms with Gasteiger partial charge in [0, 0.05) is 15.6 Å². The first-order valence-corrected chi connectivity index (χ1v) is 7.62. The summed E-state index contributed by atoms with van der Waals surface area (Å²) >= 11 is 1.83. The van der Waals surface area contributed by atoms with Gasteiger partial charge < -0.3 is 4.42 Å². The van der Waals surface area contributed by atoms with Crippen molar-refractivity contribution in [2.24, 2.45) is 0 Å². The van der Waals surface area contributed by atoms with Crippen LogP contribution in [0.2, 0.25) is 0 Å². The number of aromatic nitrogens is 1. The Kier molecular flexibility index (Phi) is 3.59. The van der Waals surface area contributed by atoms with Crippen molar-refractivity contribution in [2.75, 3.05) is 0 Å². The van der Waals surface area contributed by atoms with Crippen LogP contribution in [0.3, 0.4) is 0 Å². The SMILES string of the molecule is Cc1cnc(C(C)NC(C)c2cc3ccccc3s2)o1. The van der Waals surface area contributed by atoms with Gasteiger partial charge in [-0.3, -0.25) is 5.32 Å². The van der Waals surface area contributed by atoms with E-state index in [9.17, 15) is 0 Å². The van der Waals surface area contributed by atoms with Crippen molar-refractivity contribution in [1.82, 2.24) is 10.3 Å². The van der Waals surface area contributed by atoms with Crippen molar-refractivity contribution < 1.29 is 4.42 Å². The number of fused-ring (bicyclic) bond motifs is 1. The average molecular weight is 286 g/mol. The number of hydrogen-bond donors (Lipinski definition) is 1. The first kappa shape index (κ1) is 13.3. The maximum Gasteiger partial charge on any atom is 0.211 e. The summed E-state index contributed by atoms with van der Waals surface area (Å²) < 4.78 is 6.90. The first-order chi connectivity index (χ1) is 9.63. The van der Waals surface area contributed by atoms with Gasteiger partial charge in [0.05, 0.1) is 12.2 Å². The third-order valence-electron chi connectivity index (χ3n) is 3.38. The molecule has 104 valence electrons. The molecule has 0 bridgehead atoms. The van der Waals surface area contributed by atoms with Gasteiger partial charge in [-0.05, 0) is 38.3 Å². The van der Waals surface area contributed by atoms with Crippen LogP contribution in [0.5, 0.6) is 0 Å². The summed E-state index contributed by atoms with van der Waals surface area (Å²) in [5, 5.41) is 4.85. The summed E-state index contributed by atoms with van der Waals surface area (Å²) in [5.41, 5.74) is 0. The number of thiophene rings is 1. The highest BCUT2D eigenvalue weighted by Gasteiger charge is 2.16. The van der Waals surface area contributed by atoms with E-state index in [2.05, 4.69) is 54.5 Å². The van der Waals surface area contributed by atoms with Crippen LogP contribution in [0, 0.1) is 6.92 Å². The Morgan fingerprint density at radius 3 is 2.70 bits per heavy atom. The summed E-state index contributed by atoms with van der Waals surface area (Å²) in [7, 11) is 0. The molecule has 3 rings (SSSR count). The normalized spacial score (nSPS) is 14.6. The van der Waals surface area contributed by atoms with Crippen molar-refractivity contribution in [2.45, 2.75) is 32.9 Å². The molecule has 0 radical (unpaired) electrons. The van der Waals surface area contributed by atoms with E-state index < -0.39 is 0 Å². The highest BCUT2D eigenvalue weighted by Crippen LogP contribution is 2.30. The molecule has 0 saturated carbocycles. The van der Waals surface area contributed by atoms with Crippen molar-refractivity contribution in [1.29, 1.82) is 0 Å². The van der Waals surface area contributed by atoms with Gasteiger partial charge in [-0.15, -0.1) is 11.3 Å². The highest BCUT2D eigenvalue weighted by atomic mass is 32.1. The lowest BCUT2D eigenvalue weighted by Gasteiger charge is -2.16. The predicted molar refractivity (Wildman–Crippen MR) is 83.0 cm³/mol. The largest absolute Gasteiger partial charge is 0.444 e. The molecule has 0 saturated heterocycles. The van der Waals surface area contributed by atoms with Gasteiger partial charge in [-0.1, -0.05) is 18.2 Å². The number of rotatable bonds is 4. The number of oxazole rings is 1. The summed E-state index contributed by atoms with van der Waals surface area (Å²) in [6, 6.07) is 11.1. The van der Waals surface area contributed by atoms with Gasteiger partial charge in [0.25, 0.3) is 0 Å². The fourth-order valence-corrected chi connectivity index (χ4v) is 3.39. The molecule has 0 amide bonds.